The number of phenols is 2. The van der Waals surface area contributed by atoms with Crippen molar-refractivity contribution in [2.75, 3.05) is 6.54 Å². The highest BCUT2D eigenvalue weighted by Crippen LogP contribution is 2.27. The molecule has 0 aliphatic rings. The highest BCUT2D eigenvalue weighted by molar-refractivity contribution is 5.63. The van der Waals surface area contributed by atoms with Crippen LogP contribution < -0.4 is 5.73 Å². The van der Waals surface area contributed by atoms with Crippen LogP contribution in [0.1, 0.15) is 11.5 Å². The van der Waals surface area contributed by atoms with E-state index in [0.29, 0.717) is 11.8 Å². The minimum Gasteiger partial charge on any atom is -0.504 e. The Labute approximate surface area is 75.6 Å². The first-order valence-corrected chi connectivity index (χ1v) is 3.86. The van der Waals surface area contributed by atoms with E-state index in [1.807, 2.05) is 0 Å². The van der Waals surface area contributed by atoms with Gasteiger partial charge in [-0.2, -0.15) is 0 Å². The van der Waals surface area contributed by atoms with Gasteiger partial charge in [0.05, 0.1) is 5.92 Å². The Morgan fingerprint density at radius 1 is 1.38 bits per heavy atom. The van der Waals surface area contributed by atoms with E-state index < -0.39 is 5.92 Å². The summed E-state index contributed by atoms with van der Waals surface area (Å²) in [5.74, 6) is -0.866. The predicted octanol–water partition coefficient (Wildman–Crippen LogP) is 0.339. The first-order valence-electron chi connectivity index (χ1n) is 3.86. The van der Waals surface area contributed by atoms with Crippen molar-refractivity contribution in [2.24, 2.45) is 5.73 Å². The molecule has 70 valence electrons. The minimum atomic E-state index is -0.425. The minimum absolute atomic E-state index is 0.188. The largest absolute Gasteiger partial charge is 0.504 e. The summed E-state index contributed by atoms with van der Waals surface area (Å²) < 4.78 is 0. The highest BCUT2D eigenvalue weighted by Gasteiger charge is 2.09. The van der Waals surface area contributed by atoms with Gasteiger partial charge in [-0.05, 0) is 17.7 Å². The van der Waals surface area contributed by atoms with Crippen molar-refractivity contribution in [3.05, 3.63) is 23.8 Å². The molecule has 1 aromatic rings. The van der Waals surface area contributed by atoms with Crippen LogP contribution in [0, 0.1) is 0 Å². The fraction of sp³-hybridized carbons (Fsp3) is 0.222. The second-order valence-corrected chi connectivity index (χ2v) is 2.73. The monoisotopic (exact) mass is 181 g/mol. The normalized spacial score (nSPS) is 12.4. The molecule has 1 rings (SSSR count). The zero-order chi connectivity index (χ0) is 9.84. The zero-order valence-corrected chi connectivity index (χ0v) is 6.97. The Balaban J connectivity index is 3.01. The van der Waals surface area contributed by atoms with E-state index in [1.165, 1.54) is 12.1 Å². The van der Waals surface area contributed by atoms with Crippen molar-refractivity contribution in [2.45, 2.75) is 5.92 Å². The molecule has 4 nitrogen and oxygen atoms in total. The molecule has 0 amide bonds. The van der Waals surface area contributed by atoms with E-state index in [1.54, 1.807) is 6.07 Å². The third-order valence-corrected chi connectivity index (χ3v) is 1.85. The van der Waals surface area contributed by atoms with Crippen molar-refractivity contribution in [1.82, 2.24) is 0 Å². The first-order chi connectivity index (χ1) is 6.19. The molecule has 0 aliphatic heterocycles. The Morgan fingerprint density at radius 3 is 2.54 bits per heavy atom. The molecule has 0 aromatic heterocycles. The lowest BCUT2D eigenvalue weighted by Crippen LogP contribution is -2.13. The Kier molecular flexibility index (Phi) is 2.87. The molecule has 1 atom stereocenters. The third kappa shape index (κ3) is 1.97. The summed E-state index contributed by atoms with van der Waals surface area (Å²) in [7, 11) is 0. The number of carbonyl (C=O) groups is 1. The average molecular weight is 181 g/mol. The maximum Gasteiger partial charge on any atom is 0.157 e. The summed E-state index contributed by atoms with van der Waals surface area (Å²) in [6, 6.07) is 4.22. The van der Waals surface area contributed by atoms with Gasteiger partial charge in [0.25, 0.3) is 0 Å². The maximum absolute atomic E-state index is 10.5. The number of nitrogens with two attached hydrogens (primary N) is 1. The first kappa shape index (κ1) is 9.54. The Morgan fingerprint density at radius 2 is 2.08 bits per heavy atom. The third-order valence-electron chi connectivity index (χ3n) is 1.85. The van der Waals surface area contributed by atoms with Crippen molar-refractivity contribution in [3.63, 3.8) is 0 Å². The Hall–Kier alpha value is -1.55. The van der Waals surface area contributed by atoms with Crippen LogP contribution in [-0.2, 0) is 4.79 Å². The van der Waals surface area contributed by atoms with Crippen LogP contribution in [-0.4, -0.2) is 23.0 Å². The van der Waals surface area contributed by atoms with Gasteiger partial charge in [0.2, 0.25) is 0 Å². The highest BCUT2D eigenvalue weighted by atomic mass is 16.3. The fourth-order valence-electron chi connectivity index (χ4n) is 1.04. The number of carbonyl (C=O) groups excluding carboxylic acids is 1. The smallest absolute Gasteiger partial charge is 0.157 e. The van der Waals surface area contributed by atoms with Crippen molar-refractivity contribution in [3.8, 4) is 11.5 Å². The number of phenolic OH excluding ortho intramolecular Hbond substituents is 2. The van der Waals surface area contributed by atoms with E-state index in [-0.39, 0.29) is 18.0 Å². The van der Waals surface area contributed by atoms with Gasteiger partial charge < -0.3 is 20.7 Å². The molecule has 1 aromatic carbocycles. The summed E-state index contributed by atoms with van der Waals surface area (Å²) in [6.07, 6.45) is 0.714. The van der Waals surface area contributed by atoms with Crippen molar-refractivity contribution < 1.29 is 15.0 Å². The van der Waals surface area contributed by atoms with E-state index in [4.69, 9.17) is 15.9 Å². The topological polar surface area (TPSA) is 83.6 Å². The van der Waals surface area contributed by atoms with E-state index >= 15 is 0 Å². The van der Waals surface area contributed by atoms with Gasteiger partial charge in [0.1, 0.15) is 6.29 Å². The molecule has 4 heteroatoms. The van der Waals surface area contributed by atoms with Gasteiger partial charge in [0.15, 0.2) is 11.5 Å². The van der Waals surface area contributed by atoms with Crippen LogP contribution in [0.5, 0.6) is 11.5 Å². The summed E-state index contributed by atoms with van der Waals surface area (Å²) in [6.45, 7) is 0.188. The number of hydrogen-bond donors (Lipinski definition) is 3. The molecular weight excluding hydrogens is 170 g/mol. The molecule has 0 radical (unpaired) electrons. The van der Waals surface area contributed by atoms with Crippen LogP contribution in [0.25, 0.3) is 0 Å². The van der Waals surface area contributed by atoms with Gasteiger partial charge in [0, 0.05) is 6.54 Å². The molecule has 13 heavy (non-hydrogen) atoms. The van der Waals surface area contributed by atoms with Crippen LogP contribution in [0.15, 0.2) is 18.2 Å². The number of aldehydes is 1. The molecule has 0 bridgehead atoms. The van der Waals surface area contributed by atoms with Gasteiger partial charge in [-0.1, -0.05) is 6.07 Å². The lowest BCUT2D eigenvalue weighted by Gasteiger charge is -2.08. The van der Waals surface area contributed by atoms with Crippen LogP contribution in [0.4, 0.5) is 0 Å². The lowest BCUT2D eigenvalue weighted by atomic mass is 10.0. The molecule has 0 spiro atoms. The number of benzene rings is 1. The van der Waals surface area contributed by atoms with Crippen molar-refractivity contribution in [1.29, 1.82) is 0 Å². The summed E-state index contributed by atoms with van der Waals surface area (Å²) >= 11 is 0. The lowest BCUT2D eigenvalue weighted by molar-refractivity contribution is -0.108. The number of aromatic hydroxyl groups is 2. The van der Waals surface area contributed by atoms with E-state index in [2.05, 4.69) is 0 Å². The quantitative estimate of drug-likeness (QED) is 0.463. The number of rotatable bonds is 3. The molecule has 0 saturated carbocycles. The molecule has 0 fully saturated rings. The molecule has 1 unspecified atom stereocenters. The van der Waals surface area contributed by atoms with Gasteiger partial charge >= 0.3 is 0 Å². The van der Waals surface area contributed by atoms with Crippen LogP contribution >= 0.6 is 0 Å². The van der Waals surface area contributed by atoms with Gasteiger partial charge in [-0.25, -0.2) is 0 Å². The Bertz CT molecular complexity index is 312. The van der Waals surface area contributed by atoms with Gasteiger partial charge in [-0.15, -0.1) is 0 Å². The fourth-order valence-corrected chi connectivity index (χ4v) is 1.04. The van der Waals surface area contributed by atoms with E-state index in [0.717, 1.165) is 0 Å². The van der Waals surface area contributed by atoms with Crippen molar-refractivity contribution >= 4 is 6.29 Å². The molecular formula is C9H11NO3. The van der Waals surface area contributed by atoms with Crippen LogP contribution in [0.3, 0.4) is 0 Å². The predicted molar refractivity (Wildman–Crippen MR) is 47.6 cm³/mol. The summed E-state index contributed by atoms with van der Waals surface area (Å²) in [4.78, 5) is 10.5. The van der Waals surface area contributed by atoms with E-state index in [9.17, 15) is 4.79 Å². The average Bonchev–Trinajstić information content (AvgIpc) is 2.13. The standard InChI is InChI=1S/C9H11NO3/c10-4-7(5-11)6-1-2-8(12)9(13)3-6/h1-3,5,7,12-13H,4,10H2. The molecule has 0 heterocycles. The van der Waals surface area contributed by atoms with Crippen LogP contribution in [0.2, 0.25) is 0 Å². The zero-order valence-electron chi connectivity index (χ0n) is 6.97. The second-order valence-electron chi connectivity index (χ2n) is 2.73. The molecule has 4 N–H and O–H groups in total. The SMILES string of the molecule is NCC(C=O)c1ccc(O)c(O)c1. The summed E-state index contributed by atoms with van der Waals surface area (Å²) in [5.41, 5.74) is 5.93. The molecule has 0 aliphatic carbocycles. The molecule has 0 saturated heterocycles. The van der Waals surface area contributed by atoms with Gasteiger partial charge in [-0.3, -0.25) is 0 Å². The number of hydrogen-bond acceptors (Lipinski definition) is 4. The summed E-state index contributed by atoms with van der Waals surface area (Å²) in [5, 5.41) is 18.1. The maximum atomic E-state index is 10.5. The second kappa shape index (κ2) is 3.91.